The highest BCUT2D eigenvalue weighted by Crippen LogP contribution is 2.43. The summed E-state index contributed by atoms with van der Waals surface area (Å²) >= 11 is 6.22. The van der Waals surface area contributed by atoms with Crippen molar-refractivity contribution in [3.05, 3.63) is 131 Å². The van der Waals surface area contributed by atoms with E-state index in [1.807, 2.05) is 11.0 Å². The van der Waals surface area contributed by atoms with E-state index in [1.54, 1.807) is 37.5 Å². The second kappa shape index (κ2) is 16.3. The van der Waals surface area contributed by atoms with E-state index in [0.29, 0.717) is 59.8 Å². The third kappa shape index (κ3) is 7.97. The molecule has 0 unspecified atom stereocenters. The summed E-state index contributed by atoms with van der Waals surface area (Å²) in [5.41, 5.74) is 2.24. The molecule has 2 aromatic carbocycles. The molecule has 7 aromatic rings. The molecule has 0 radical (unpaired) electrons. The molecule has 6 heterocycles. The van der Waals surface area contributed by atoms with Crippen LogP contribution in [0.1, 0.15) is 11.1 Å². The number of anilines is 3. The minimum absolute atomic E-state index is 0.0605. The number of hydrogen-bond acceptors (Lipinski definition) is 8. The summed E-state index contributed by atoms with van der Waals surface area (Å²) in [7, 11) is 0. The molecule has 17 heteroatoms. The fraction of sp³-hybridized carbons (Fsp3) is 0.171. The second-order valence-electron chi connectivity index (χ2n) is 13.0. The van der Waals surface area contributed by atoms with E-state index in [0.717, 1.165) is 23.9 Å². The molecule has 1 amide bonds. The van der Waals surface area contributed by atoms with Crippen molar-refractivity contribution in [2.75, 3.05) is 36.1 Å². The number of rotatable bonds is 5. The number of carbonyl (C=O) groups excluding carboxylic acids is 1. The lowest BCUT2D eigenvalue weighted by Crippen LogP contribution is -2.39. The zero-order chi connectivity index (χ0) is 41.3. The Morgan fingerprint density at radius 2 is 1.29 bits per heavy atom. The van der Waals surface area contributed by atoms with Crippen molar-refractivity contribution in [3.63, 3.8) is 0 Å². The number of carbonyl (C=O) groups is 1. The van der Waals surface area contributed by atoms with Crippen LogP contribution in [0.2, 0.25) is 5.02 Å². The molecule has 0 atom stereocenters. The SMILES string of the molecule is Cc1c(-c2cccnc2)nc2cc(F)cc(F)c2c1Cl.Cc1c(-c2cccnc2)nc2cc(F)cc(F)c2c1N(C(=O)C(F)(F)F)c1cncc(N2CCOCC2)c1. The third-order valence-corrected chi connectivity index (χ3v) is 9.74. The van der Waals surface area contributed by atoms with Crippen LogP contribution < -0.4 is 9.80 Å². The number of amides is 1. The number of fused-ring (bicyclic) bond motifs is 2. The van der Waals surface area contributed by atoms with E-state index >= 15 is 4.39 Å². The van der Waals surface area contributed by atoms with Crippen LogP contribution in [0.4, 0.5) is 47.8 Å². The Balaban J connectivity index is 0.000000214. The van der Waals surface area contributed by atoms with Crippen molar-refractivity contribution in [1.82, 2.24) is 24.9 Å². The number of nitrogens with zero attached hydrogens (tertiary/aromatic N) is 7. The lowest BCUT2D eigenvalue weighted by Gasteiger charge is -2.31. The predicted octanol–water partition coefficient (Wildman–Crippen LogP) is 9.88. The van der Waals surface area contributed by atoms with Crippen LogP contribution in [0.15, 0.2) is 91.8 Å². The largest absolute Gasteiger partial charge is 0.472 e. The number of benzene rings is 2. The lowest BCUT2D eigenvalue weighted by atomic mass is 10.0. The first-order chi connectivity index (χ1) is 27.7. The van der Waals surface area contributed by atoms with Gasteiger partial charge in [-0.3, -0.25) is 24.6 Å². The van der Waals surface area contributed by atoms with Gasteiger partial charge in [-0.1, -0.05) is 11.6 Å². The van der Waals surface area contributed by atoms with Crippen LogP contribution >= 0.6 is 11.6 Å². The number of halogens is 8. The minimum atomic E-state index is -5.33. The van der Waals surface area contributed by atoms with Crippen LogP contribution in [0, 0.1) is 37.1 Å². The van der Waals surface area contributed by atoms with Gasteiger partial charge in [-0.15, -0.1) is 0 Å². The first-order valence-corrected chi connectivity index (χ1v) is 17.8. The van der Waals surface area contributed by atoms with Gasteiger partial charge in [0.05, 0.1) is 80.9 Å². The smallest absolute Gasteiger partial charge is 0.378 e. The predicted molar refractivity (Wildman–Crippen MR) is 205 cm³/mol. The van der Waals surface area contributed by atoms with Gasteiger partial charge in [0.15, 0.2) is 0 Å². The number of pyridine rings is 5. The molecule has 296 valence electrons. The topological polar surface area (TPSA) is 97.2 Å². The van der Waals surface area contributed by atoms with Crippen molar-refractivity contribution >= 4 is 56.4 Å². The Labute approximate surface area is 330 Å². The molecule has 0 aliphatic carbocycles. The molecular formula is C41H29ClF7N7O2. The molecule has 0 N–H and O–H groups in total. The molecule has 0 saturated carbocycles. The van der Waals surface area contributed by atoms with Crippen molar-refractivity contribution in [2.24, 2.45) is 0 Å². The summed E-state index contributed by atoms with van der Waals surface area (Å²) < 4.78 is 104. The molecular weight excluding hydrogens is 791 g/mol. The molecule has 5 aromatic heterocycles. The van der Waals surface area contributed by atoms with Gasteiger partial charge >= 0.3 is 12.1 Å². The van der Waals surface area contributed by atoms with E-state index in [4.69, 9.17) is 16.3 Å². The maximum atomic E-state index is 15.3. The van der Waals surface area contributed by atoms with E-state index in [9.17, 15) is 31.1 Å². The van der Waals surface area contributed by atoms with Gasteiger partial charge in [0.1, 0.15) is 23.3 Å². The monoisotopic (exact) mass is 819 g/mol. The van der Waals surface area contributed by atoms with Crippen molar-refractivity contribution in [2.45, 2.75) is 20.0 Å². The summed E-state index contributed by atoms with van der Waals surface area (Å²) in [4.78, 5) is 36.0. The third-order valence-electron chi connectivity index (χ3n) is 9.27. The Morgan fingerprint density at radius 1 is 0.741 bits per heavy atom. The maximum Gasteiger partial charge on any atom is 0.472 e. The van der Waals surface area contributed by atoms with Gasteiger partial charge < -0.3 is 9.64 Å². The standard InChI is InChI=1S/C26H20F5N5O2.C15H9ClF2N2/c1-15-23(16-3-2-4-32-12-16)34-21-10-17(27)9-20(28)22(21)24(15)36(25(37)26(29,30)31)19-11-18(13-33-14-19)35-5-7-38-8-6-35;1-8-14(16)13-11(18)5-10(17)6-12(13)20-15(8)9-3-2-4-19-7-9/h2-4,9-14H,5-8H2,1H3;2-7H,1H3. The summed E-state index contributed by atoms with van der Waals surface area (Å²) in [6.07, 6.45) is 3.39. The van der Waals surface area contributed by atoms with E-state index in [-0.39, 0.29) is 38.4 Å². The van der Waals surface area contributed by atoms with Crippen LogP contribution in [0.25, 0.3) is 44.3 Å². The fourth-order valence-corrected chi connectivity index (χ4v) is 6.88. The van der Waals surface area contributed by atoms with Gasteiger partial charge in [-0.05, 0) is 49.7 Å². The number of ether oxygens (including phenoxy) is 1. The van der Waals surface area contributed by atoms with Crippen LogP contribution in [0.3, 0.4) is 0 Å². The molecule has 1 saturated heterocycles. The summed E-state index contributed by atoms with van der Waals surface area (Å²) in [5, 5.41) is -0.0597. The number of hydrogen-bond donors (Lipinski definition) is 0. The second-order valence-corrected chi connectivity index (χ2v) is 13.4. The zero-order valence-electron chi connectivity index (χ0n) is 30.5. The maximum absolute atomic E-state index is 15.3. The molecule has 8 rings (SSSR count). The Morgan fingerprint density at radius 3 is 1.84 bits per heavy atom. The highest BCUT2D eigenvalue weighted by atomic mass is 35.5. The first kappa shape index (κ1) is 40.0. The average molecular weight is 820 g/mol. The van der Waals surface area contributed by atoms with E-state index in [2.05, 4.69) is 24.9 Å². The van der Waals surface area contributed by atoms with Crippen LogP contribution in [-0.4, -0.2) is 63.3 Å². The van der Waals surface area contributed by atoms with Gasteiger partial charge in [0.2, 0.25) is 0 Å². The average Bonchev–Trinajstić information content (AvgIpc) is 3.20. The lowest BCUT2D eigenvalue weighted by molar-refractivity contribution is -0.169. The molecule has 58 heavy (non-hydrogen) atoms. The van der Waals surface area contributed by atoms with Crippen LogP contribution in [0.5, 0.6) is 0 Å². The fourth-order valence-electron chi connectivity index (χ4n) is 6.60. The first-order valence-electron chi connectivity index (χ1n) is 17.5. The van der Waals surface area contributed by atoms with Crippen LogP contribution in [-0.2, 0) is 9.53 Å². The number of alkyl halides is 3. The quantitative estimate of drug-likeness (QED) is 0.159. The molecule has 0 spiro atoms. The number of morpholine rings is 1. The Hall–Kier alpha value is -6.26. The molecule has 9 nitrogen and oxygen atoms in total. The highest BCUT2D eigenvalue weighted by molar-refractivity contribution is 6.36. The van der Waals surface area contributed by atoms with Crippen molar-refractivity contribution < 1.29 is 40.3 Å². The van der Waals surface area contributed by atoms with Gasteiger partial charge in [0.25, 0.3) is 0 Å². The van der Waals surface area contributed by atoms with Gasteiger partial charge in [-0.25, -0.2) is 27.5 Å². The van der Waals surface area contributed by atoms with Crippen molar-refractivity contribution in [3.8, 4) is 22.5 Å². The normalized spacial score (nSPS) is 13.0. The van der Waals surface area contributed by atoms with Gasteiger partial charge in [0, 0.05) is 78.8 Å². The molecule has 0 bridgehead atoms. The highest BCUT2D eigenvalue weighted by Gasteiger charge is 2.45. The molecule has 1 fully saturated rings. The Bertz CT molecular complexity index is 2670. The number of aromatic nitrogens is 5. The van der Waals surface area contributed by atoms with E-state index < -0.39 is 46.4 Å². The summed E-state index contributed by atoms with van der Waals surface area (Å²) in [6, 6.07) is 11.6. The minimum Gasteiger partial charge on any atom is -0.378 e. The summed E-state index contributed by atoms with van der Waals surface area (Å²) in [5.74, 6) is -5.80. The van der Waals surface area contributed by atoms with Crippen molar-refractivity contribution in [1.29, 1.82) is 0 Å². The van der Waals surface area contributed by atoms with Gasteiger partial charge in [-0.2, -0.15) is 13.2 Å². The van der Waals surface area contributed by atoms with E-state index in [1.165, 1.54) is 37.6 Å². The molecule has 1 aliphatic rings. The Kier molecular flexibility index (Phi) is 11.2. The summed E-state index contributed by atoms with van der Waals surface area (Å²) in [6.45, 7) is 4.93. The zero-order valence-corrected chi connectivity index (χ0v) is 31.2. The molecule has 1 aliphatic heterocycles.